The Bertz CT molecular complexity index is 1040. The number of rotatable bonds is 4. The number of nitro groups is 1. The molecule has 0 radical (unpaired) electrons. The van der Waals surface area contributed by atoms with Crippen molar-refractivity contribution in [3.05, 3.63) is 68.9 Å². The van der Waals surface area contributed by atoms with E-state index in [4.69, 9.17) is 23.8 Å². The van der Waals surface area contributed by atoms with Crippen LogP contribution in [0.25, 0.3) is 6.08 Å². The maximum absolute atomic E-state index is 12.7. The van der Waals surface area contributed by atoms with Gasteiger partial charge < -0.3 is 10.1 Å². The highest BCUT2D eigenvalue weighted by Gasteiger charge is 2.33. The predicted molar refractivity (Wildman–Crippen MR) is 102 cm³/mol. The molecular weight excluding hydrogens is 435 g/mol. The molecule has 0 atom stereocenters. The maximum Gasteiger partial charge on any atom is 0.573 e. The Morgan fingerprint density at radius 2 is 1.86 bits per heavy atom. The second-order valence-corrected chi connectivity index (χ2v) is 6.43. The van der Waals surface area contributed by atoms with Crippen LogP contribution in [0.15, 0.2) is 48.2 Å². The lowest BCUT2D eigenvalue weighted by atomic mass is 10.1. The van der Waals surface area contributed by atoms with Crippen LogP contribution in [0.5, 0.6) is 5.75 Å². The first-order valence-corrected chi connectivity index (χ1v) is 8.50. The van der Waals surface area contributed by atoms with Crippen LogP contribution in [-0.2, 0) is 4.79 Å². The Kier molecular flexibility index (Phi) is 5.44. The van der Waals surface area contributed by atoms with Gasteiger partial charge >= 0.3 is 6.36 Å². The van der Waals surface area contributed by atoms with E-state index in [1.165, 1.54) is 36.4 Å². The third-order valence-electron chi connectivity index (χ3n) is 3.68. The second-order valence-electron chi connectivity index (χ2n) is 5.64. The van der Waals surface area contributed by atoms with Crippen molar-refractivity contribution in [1.82, 2.24) is 5.32 Å². The van der Waals surface area contributed by atoms with Crippen molar-refractivity contribution in [1.29, 1.82) is 0 Å². The van der Waals surface area contributed by atoms with Gasteiger partial charge in [-0.3, -0.25) is 19.8 Å². The molecule has 1 fully saturated rings. The van der Waals surface area contributed by atoms with Crippen molar-refractivity contribution < 1.29 is 27.6 Å². The van der Waals surface area contributed by atoms with Gasteiger partial charge in [0.25, 0.3) is 11.6 Å². The van der Waals surface area contributed by atoms with Gasteiger partial charge in [-0.2, -0.15) is 0 Å². The van der Waals surface area contributed by atoms with E-state index < -0.39 is 22.9 Å². The van der Waals surface area contributed by atoms with Crippen molar-refractivity contribution in [3.63, 3.8) is 0 Å². The molecule has 2 aromatic carbocycles. The summed E-state index contributed by atoms with van der Waals surface area (Å²) in [6.07, 6.45) is -3.49. The first kappa shape index (κ1) is 20.6. The van der Waals surface area contributed by atoms with Crippen LogP contribution in [0, 0.1) is 10.1 Å². The predicted octanol–water partition coefficient (Wildman–Crippen LogP) is 4.41. The summed E-state index contributed by atoms with van der Waals surface area (Å²) in [6, 6.07) is 8.56. The fraction of sp³-hybridized carbons (Fsp3) is 0.0588. The molecule has 0 saturated carbocycles. The highest BCUT2D eigenvalue weighted by atomic mass is 35.5. The summed E-state index contributed by atoms with van der Waals surface area (Å²) in [4.78, 5) is 24.1. The van der Waals surface area contributed by atoms with Crippen LogP contribution in [0.4, 0.5) is 24.5 Å². The van der Waals surface area contributed by atoms with E-state index in [1.54, 1.807) is 0 Å². The Labute approximate surface area is 171 Å². The average molecular weight is 444 g/mol. The number of alkyl halides is 3. The van der Waals surface area contributed by atoms with Crippen molar-refractivity contribution in [2.24, 2.45) is 0 Å². The lowest BCUT2D eigenvalue weighted by Crippen LogP contribution is -2.30. The summed E-state index contributed by atoms with van der Waals surface area (Å²) < 4.78 is 40.5. The van der Waals surface area contributed by atoms with Gasteiger partial charge in [0.05, 0.1) is 10.6 Å². The summed E-state index contributed by atoms with van der Waals surface area (Å²) in [6.45, 7) is 0. The standard InChI is InChI=1S/C17H9ClF3N3O4S/c18-12-6-1-9(8-14(12)24(26)27)7-13-15(25)23(16(29)22-13)10-2-4-11(5-3-10)28-17(19,20)21/h1-8H,(H,22,29)/b13-7-. The molecule has 1 heterocycles. The van der Waals surface area contributed by atoms with Crippen molar-refractivity contribution in [2.45, 2.75) is 6.36 Å². The minimum Gasteiger partial charge on any atom is -0.406 e. The van der Waals surface area contributed by atoms with Gasteiger partial charge in [-0.05, 0) is 54.2 Å². The SMILES string of the molecule is O=C1/C(=C/c2ccc(Cl)c([N+](=O)[O-])c2)NC(=S)N1c1ccc(OC(F)(F)F)cc1. The molecule has 1 aliphatic heterocycles. The Hall–Kier alpha value is -3.18. The van der Waals surface area contributed by atoms with E-state index in [2.05, 4.69) is 10.1 Å². The molecule has 12 heteroatoms. The fourth-order valence-corrected chi connectivity index (χ4v) is 2.98. The molecule has 2 aromatic rings. The zero-order valence-corrected chi connectivity index (χ0v) is 15.6. The molecule has 150 valence electrons. The van der Waals surface area contributed by atoms with Crippen LogP contribution in [0.2, 0.25) is 5.02 Å². The number of hydrogen-bond acceptors (Lipinski definition) is 5. The van der Waals surface area contributed by atoms with Crippen molar-refractivity contribution >= 4 is 52.3 Å². The van der Waals surface area contributed by atoms with Gasteiger partial charge in [0, 0.05) is 6.07 Å². The summed E-state index contributed by atoms with van der Waals surface area (Å²) >= 11 is 10.9. The minimum absolute atomic E-state index is 0.00537. The van der Waals surface area contributed by atoms with Gasteiger partial charge in [0.15, 0.2) is 5.11 Å². The molecule has 29 heavy (non-hydrogen) atoms. The molecular formula is C17H9ClF3N3O4S. The highest BCUT2D eigenvalue weighted by Crippen LogP contribution is 2.29. The highest BCUT2D eigenvalue weighted by molar-refractivity contribution is 7.80. The molecule has 1 saturated heterocycles. The number of thiocarbonyl (C=S) groups is 1. The molecule has 3 rings (SSSR count). The van der Waals surface area contributed by atoms with Crippen molar-refractivity contribution in [2.75, 3.05) is 4.90 Å². The van der Waals surface area contributed by atoms with E-state index in [9.17, 15) is 28.1 Å². The molecule has 1 amide bonds. The second kappa shape index (κ2) is 7.68. The topological polar surface area (TPSA) is 84.7 Å². The number of nitro benzene ring substituents is 1. The van der Waals surface area contributed by atoms with Gasteiger partial charge in [0.2, 0.25) is 0 Å². The summed E-state index contributed by atoms with van der Waals surface area (Å²) in [5, 5.41) is 13.6. The number of anilines is 1. The number of benzene rings is 2. The summed E-state index contributed by atoms with van der Waals surface area (Å²) in [5.74, 6) is -1.03. The number of carbonyl (C=O) groups excluding carboxylic acids is 1. The number of nitrogens with zero attached hydrogens (tertiary/aromatic N) is 2. The third kappa shape index (κ3) is 4.63. The average Bonchev–Trinajstić information content (AvgIpc) is 2.89. The van der Waals surface area contributed by atoms with E-state index in [0.717, 1.165) is 17.0 Å². The molecule has 7 nitrogen and oxygen atoms in total. The van der Waals surface area contributed by atoms with Crippen LogP contribution in [0.1, 0.15) is 5.56 Å². The molecule has 1 aliphatic rings. The number of amides is 1. The first-order valence-electron chi connectivity index (χ1n) is 7.72. The molecule has 0 spiro atoms. The van der Waals surface area contributed by atoms with E-state index in [-0.39, 0.29) is 27.2 Å². The van der Waals surface area contributed by atoms with Crippen LogP contribution in [0.3, 0.4) is 0 Å². The number of ether oxygens (including phenoxy) is 1. The Morgan fingerprint density at radius 1 is 1.21 bits per heavy atom. The maximum atomic E-state index is 12.7. The molecule has 0 aliphatic carbocycles. The molecule has 0 aromatic heterocycles. The summed E-state index contributed by atoms with van der Waals surface area (Å²) in [7, 11) is 0. The van der Waals surface area contributed by atoms with E-state index in [0.29, 0.717) is 5.56 Å². The Morgan fingerprint density at radius 3 is 2.45 bits per heavy atom. The van der Waals surface area contributed by atoms with E-state index >= 15 is 0 Å². The van der Waals surface area contributed by atoms with Crippen LogP contribution in [-0.4, -0.2) is 22.3 Å². The first-order chi connectivity index (χ1) is 13.5. The number of nitrogens with one attached hydrogen (secondary N) is 1. The minimum atomic E-state index is -4.83. The lowest BCUT2D eigenvalue weighted by Gasteiger charge is -2.15. The number of carbonyl (C=O) groups is 1. The monoisotopic (exact) mass is 443 g/mol. The zero-order valence-electron chi connectivity index (χ0n) is 14.1. The van der Waals surface area contributed by atoms with Gasteiger partial charge in [-0.25, -0.2) is 0 Å². The van der Waals surface area contributed by atoms with Crippen molar-refractivity contribution in [3.8, 4) is 5.75 Å². The Balaban J connectivity index is 1.86. The lowest BCUT2D eigenvalue weighted by molar-refractivity contribution is -0.384. The normalized spacial score (nSPS) is 15.6. The van der Waals surface area contributed by atoms with Crippen LogP contribution < -0.4 is 15.0 Å². The molecule has 0 bridgehead atoms. The largest absolute Gasteiger partial charge is 0.573 e. The van der Waals surface area contributed by atoms with Gasteiger partial charge in [0.1, 0.15) is 16.5 Å². The molecule has 0 unspecified atom stereocenters. The summed E-state index contributed by atoms with van der Waals surface area (Å²) in [5.41, 5.74) is 0.247. The quantitative estimate of drug-likeness (QED) is 0.326. The third-order valence-corrected chi connectivity index (χ3v) is 4.29. The zero-order chi connectivity index (χ0) is 21.3. The molecule has 1 N–H and O–H groups in total. The number of halogens is 4. The van der Waals surface area contributed by atoms with Gasteiger partial charge in [-0.1, -0.05) is 17.7 Å². The smallest absolute Gasteiger partial charge is 0.406 e. The number of hydrogen-bond donors (Lipinski definition) is 1. The fourth-order valence-electron chi connectivity index (χ4n) is 2.49. The van der Waals surface area contributed by atoms with E-state index in [1.807, 2.05) is 0 Å². The van der Waals surface area contributed by atoms with Gasteiger partial charge in [-0.15, -0.1) is 13.2 Å². The van der Waals surface area contributed by atoms with Crippen LogP contribution >= 0.6 is 23.8 Å².